The summed E-state index contributed by atoms with van der Waals surface area (Å²) in [5.41, 5.74) is 6.76. The molecule has 0 heterocycles. The minimum atomic E-state index is -0.129. The van der Waals surface area contributed by atoms with Gasteiger partial charge in [0.25, 0.3) is 0 Å². The average Bonchev–Trinajstić information content (AvgIpc) is 2.43. The molecule has 2 rings (SSSR count). The number of carbonyl (C=O) groups excluding carboxylic acids is 1. The second-order valence-corrected chi connectivity index (χ2v) is 5.86. The van der Waals surface area contributed by atoms with E-state index in [0.29, 0.717) is 21.4 Å². The van der Waals surface area contributed by atoms with Crippen LogP contribution in [0, 0.1) is 0 Å². The summed E-state index contributed by atoms with van der Waals surface area (Å²) in [6, 6.07) is 12.4. The average molecular weight is 327 g/mol. The Bertz CT molecular complexity index is 634. The molecule has 0 unspecified atom stereocenters. The summed E-state index contributed by atoms with van der Waals surface area (Å²) in [6.07, 6.45) is 0. The first-order valence-electron chi connectivity index (χ1n) is 5.78. The number of carbonyl (C=O) groups is 1. The van der Waals surface area contributed by atoms with Gasteiger partial charge in [-0.1, -0.05) is 35.3 Å². The Labute approximate surface area is 131 Å². The first kappa shape index (κ1) is 15.0. The van der Waals surface area contributed by atoms with Gasteiger partial charge in [-0.25, -0.2) is 0 Å². The Balaban J connectivity index is 1.92. The standard InChI is InChI=1S/C14H12Cl2N2OS/c15-10-3-1-2-4-13(10)18-14(19)8-20-9-5-6-12(17)11(16)7-9/h1-7H,8,17H2,(H,18,19). The Kier molecular flexibility index (Phi) is 5.17. The van der Waals surface area contributed by atoms with E-state index in [1.165, 1.54) is 11.8 Å². The van der Waals surface area contributed by atoms with E-state index < -0.39 is 0 Å². The maximum Gasteiger partial charge on any atom is 0.234 e. The molecule has 0 aliphatic carbocycles. The third-order valence-corrected chi connectivity index (χ3v) is 4.14. The molecule has 3 N–H and O–H groups in total. The maximum absolute atomic E-state index is 11.8. The van der Waals surface area contributed by atoms with E-state index in [1.807, 2.05) is 18.2 Å². The van der Waals surface area contributed by atoms with Gasteiger partial charge < -0.3 is 11.1 Å². The fourth-order valence-corrected chi connectivity index (χ4v) is 2.66. The summed E-state index contributed by atoms with van der Waals surface area (Å²) in [7, 11) is 0. The molecule has 2 aromatic carbocycles. The summed E-state index contributed by atoms with van der Waals surface area (Å²) in [5.74, 6) is 0.141. The van der Waals surface area contributed by atoms with Gasteiger partial charge in [0.15, 0.2) is 0 Å². The SMILES string of the molecule is Nc1ccc(SCC(=O)Nc2ccccc2Cl)cc1Cl. The van der Waals surface area contributed by atoms with Crippen LogP contribution in [0.4, 0.5) is 11.4 Å². The van der Waals surface area contributed by atoms with Crippen molar-refractivity contribution in [3.63, 3.8) is 0 Å². The number of benzene rings is 2. The Morgan fingerprint density at radius 3 is 2.60 bits per heavy atom. The topological polar surface area (TPSA) is 55.1 Å². The summed E-state index contributed by atoms with van der Waals surface area (Å²) in [5, 5.41) is 3.76. The fourth-order valence-electron chi connectivity index (χ4n) is 1.50. The third-order valence-electron chi connectivity index (χ3n) is 2.49. The van der Waals surface area contributed by atoms with Crippen molar-refractivity contribution in [3.05, 3.63) is 52.5 Å². The van der Waals surface area contributed by atoms with Gasteiger partial charge in [0.2, 0.25) is 5.91 Å². The van der Waals surface area contributed by atoms with Crippen molar-refractivity contribution in [2.75, 3.05) is 16.8 Å². The smallest absolute Gasteiger partial charge is 0.234 e. The molecule has 0 fully saturated rings. The van der Waals surface area contributed by atoms with Crippen molar-refractivity contribution < 1.29 is 4.79 Å². The number of nitrogens with one attached hydrogen (secondary N) is 1. The molecule has 104 valence electrons. The van der Waals surface area contributed by atoms with Gasteiger partial charge in [-0.2, -0.15) is 0 Å². The number of para-hydroxylation sites is 1. The van der Waals surface area contributed by atoms with Gasteiger partial charge in [-0.15, -0.1) is 11.8 Å². The predicted molar refractivity (Wildman–Crippen MR) is 86.7 cm³/mol. The van der Waals surface area contributed by atoms with Crippen LogP contribution in [-0.2, 0) is 4.79 Å². The van der Waals surface area contributed by atoms with Gasteiger partial charge in [-0.05, 0) is 30.3 Å². The Morgan fingerprint density at radius 2 is 1.90 bits per heavy atom. The summed E-state index contributed by atoms with van der Waals surface area (Å²) in [6.45, 7) is 0. The maximum atomic E-state index is 11.8. The second kappa shape index (κ2) is 6.88. The molecule has 0 saturated heterocycles. The number of thioether (sulfide) groups is 1. The van der Waals surface area contributed by atoms with Gasteiger partial charge in [0.1, 0.15) is 0 Å². The van der Waals surface area contributed by atoms with E-state index >= 15 is 0 Å². The van der Waals surface area contributed by atoms with Crippen molar-refractivity contribution >= 4 is 52.2 Å². The molecule has 0 radical (unpaired) electrons. The number of hydrogen-bond acceptors (Lipinski definition) is 3. The van der Waals surface area contributed by atoms with E-state index in [1.54, 1.807) is 24.3 Å². The van der Waals surface area contributed by atoms with Gasteiger partial charge >= 0.3 is 0 Å². The molecule has 20 heavy (non-hydrogen) atoms. The summed E-state index contributed by atoms with van der Waals surface area (Å²) < 4.78 is 0. The molecular formula is C14H12Cl2N2OS. The molecule has 3 nitrogen and oxygen atoms in total. The van der Waals surface area contributed by atoms with E-state index in [9.17, 15) is 4.79 Å². The van der Waals surface area contributed by atoms with Gasteiger partial charge in [0, 0.05) is 4.90 Å². The zero-order chi connectivity index (χ0) is 14.5. The fraction of sp³-hybridized carbons (Fsp3) is 0.0714. The zero-order valence-electron chi connectivity index (χ0n) is 10.4. The lowest BCUT2D eigenvalue weighted by molar-refractivity contribution is -0.113. The number of nitrogens with two attached hydrogens (primary N) is 1. The minimum Gasteiger partial charge on any atom is -0.398 e. The summed E-state index contributed by atoms with van der Waals surface area (Å²) >= 11 is 13.3. The highest BCUT2D eigenvalue weighted by Gasteiger charge is 2.07. The Hall–Kier alpha value is -1.36. The first-order valence-corrected chi connectivity index (χ1v) is 7.52. The van der Waals surface area contributed by atoms with E-state index in [0.717, 1.165) is 4.90 Å². The lowest BCUT2D eigenvalue weighted by atomic mass is 10.3. The third kappa shape index (κ3) is 4.07. The van der Waals surface area contributed by atoms with E-state index in [4.69, 9.17) is 28.9 Å². The molecule has 1 amide bonds. The molecule has 0 aromatic heterocycles. The van der Waals surface area contributed by atoms with E-state index in [-0.39, 0.29) is 11.7 Å². The lowest BCUT2D eigenvalue weighted by Gasteiger charge is -2.07. The molecule has 0 atom stereocenters. The number of amides is 1. The molecule has 0 bridgehead atoms. The molecule has 0 saturated carbocycles. The Morgan fingerprint density at radius 1 is 1.15 bits per heavy atom. The van der Waals surface area contributed by atoms with Crippen LogP contribution in [0.2, 0.25) is 10.0 Å². The largest absolute Gasteiger partial charge is 0.398 e. The van der Waals surface area contributed by atoms with Crippen LogP contribution in [0.25, 0.3) is 0 Å². The highest BCUT2D eigenvalue weighted by molar-refractivity contribution is 8.00. The van der Waals surface area contributed by atoms with Crippen LogP contribution < -0.4 is 11.1 Å². The number of anilines is 2. The lowest BCUT2D eigenvalue weighted by Crippen LogP contribution is -2.14. The van der Waals surface area contributed by atoms with Crippen LogP contribution in [0.15, 0.2) is 47.4 Å². The number of halogens is 2. The quantitative estimate of drug-likeness (QED) is 0.650. The molecular weight excluding hydrogens is 315 g/mol. The number of rotatable bonds is 4. The van der Waals surface area contributed by atoms with Gasteiger partial charge in [0.05, 0.1) is 27.2 Å². The number of nitrogen functional groups attached to an aromatic ring is 1. The van der Waals surface area contributed by atoms with Gasteiger partial charge in [-0.3, -0.25) is 4.79 Å². The second-order valence-electron chi connectivity index (χ2n) is 4.00. The van der Waals surface area contributed by atoms with Crippen LogP contribution in [-0.4, -0.2) is 11.7 Å². The van der Waals surface area contributed by atoms with Crippen LogP contribution >= 0.6 is 35.0 Å². The van der Waals surface area contributed by atoms with Crippen LogP contribution in [0.5, 0.6) is 0 Å². The first-order chi connectivity index (χ1) is 9.56. The predicted octanol–water partition coefficient (Wildman–Crippen LogP) is 4.31. The van der Waals surface area contributed by atoms with Crippen LogP contribution in [0.3, 0.4) is 0 Å². The minimum absolute atomic E-state index is 0.129. The van der Waals surface area contributed by atoms with Crippen molar-refractivity contribution in [2.45, 2.75) is 4.90 Å². The van der Waals surface area contributed by atoms with E-state index in [2.05, 4.69) is 5.32 Å². The number of hydrogen-bond donors (Lipinski definition) is 2. The zero-order valence-corrected chi connectivity index (χ0v) is 12.7. The highest BCUT2D eigenvalue weighted by atomic mass is 35.5. The van der Waals surface area contributed by atoms with Crippen molar-refractivity contribution in [2.24, 2.45) is 0 Å². The molecule has 2 aromatic rings. The highest BCUT2D eigenvalue weighted by Crippen LogP contribution is 2.27. The molecule has 0 aliphatic rings. The van der Waals surface area contributed by atoms with Crippen molar-refractivity contribution in [1.29, 1.82) is 0 Å². The van der Waals surface area contributed by atoms with Crippen molar-refractivity contribution in [3.8, 4) is 0 Å². The molecule has 6 heteroatoms. The van der Waals surface area contributed by atoms with Crippen LogP contribution in [0.1, 0.15) is 0 Å². The normalized spacial score (nSPS) is 10.3. The summed E-state index contributed by atoms with van der Waals surface area (Å²) in [4.78, 5) is 12.7. The monoisotopic (exact) mass is 326 g/mol. The molecule has 0 aliphatic heterocycles. The molecule has 0 spiro atoms. The van der Waals surface area contributed by atoms with Crippen molar-refractivity contribution in [1.82, 2.24) is 0 Å².